The van der Waals surface area contributed by atoms with Gasteiger partial charge in [-0.2, -0.15) is 0 Å². The SMILES string of the molecule is CC(C)CC(N)C(=O)N1CCCCCCC1. The van der Waals surface area contributed by atoms with Gasteiger partial charge in [-0.25, -0.2) is 0 Å². The van der Waals surface area contributed by atoms with E-state index in [1.54, 1.807) is 0 Å². The van der Waals surface area contributed by atoms with Crippen molar-refractivity contribution in [1.29, 1.82) is 0 Å². The van der Waals surface area contributed by atoms with Crippen molar-refractivity contribution in [2.75, 3.05) is 13.1 Å². The maximum Gasteiger partial charge on any atom is 0.239 e. The number of nitrogens with zero attached hydrogens (tertiary/aromatic N) is 1. The van der Waals surface area contributed by atoms with Gasteiger partial charge >= 0.3 is 0 Å². The Morgan fingerprint density at radius 3 is 2.12 bits per heavy atom. The first-order chi connectivity index (χ1) is 7.61. The number of nitrogens with two attached hydrogens (primary N) is 1. The van der Waals surface area contributed by atoms with Crippen LogP contribution in [0.4, 0.5) is 0 Å². The van der Waals surface area contributed by atoms with Crippen molar-refractivity contribution in [1.82, 2.24) is 4.90 Å². The van der Waals surface area contributed by atoms with E-state index in [0.29, 0.717) is 5.92 Å². The average Bonchev–Trinajstić information content (AvgIpc) is 2.15. The summed E-state index contributed by atoms with van der Waals surface area (Å²) in [5.41, 5.74) is 5.95. The van der Waals surface area contributed by atoms with E-state index < -0.39 is 0 Å². The first-order valence-electron chi connectivity index (χ1n) is 6.65. The zero-order valence-electron chi connectivity index (χ0n) is 10.7. The molecule has 1 unspecified atom stereocenters. The Kier molecular flexibility index (Phi) is 5.81. The van der Waals surface area contributed by atoms with Gasteiger partial charge in [0.1, 0.15) is 0 Å². The molecule has 0 spiro atoms. The second-order valence-electron chi connectivity index (χ2n) is 5.33. The summed E-state index contributed by atoms with van der Waals surface area (Å²) < 4.78 is 0. The van der Waals surface area contributed by atoms with Gasteiger partial charge in [-0.3, -0.25) is 4.79 Å². The fourth-order valence-corrected chi connectivity index (χ4v) is 2.31. The number of likely N-dealkylation sites (tertiary alicyclic amines) is 1. The van der Waals surface area contributed by atoms with E-state index in [1.807, 2.05) is 4.90 Å². The van der Waals surface area contributed by atoms with E-state index in [1.165, 1.54) is 19.3 Å². The summed E-state index contributed by atoms with van der Waals surface area (Å²) in [4.78, 5) is 14.1. The molecule has 16 heavy (non-hydrogen) atoms. The van der Waals surface area contributed by atoms with E-state index in [0.717, 1.165) is 32.4 Å². The highest BCUT2D eigenvalue weighted by Gasteiger charge is 2.21. The van der Waals surface area contributed by atoms with Gasteiger partial charge < -0.3 is 10.6 Å². The number of hydrogen-bond acceptors (Lipinski definition) is 2. The summed E-state index contributed by atoms with van der Waals surface area (Å²) >= 11 is 0. The second-order valence-corrected chi connectivity index (χ2v) is 5.33. The summed E-state index contributed by atoms with van der Waals surface area (Å²) in [6.45, 7) is 6.04. The molecular formula is C13H26N2O. The van der Waals surface area contributed by atoms with Crippen LogP contribution in [0.5, 0.6) is 0 Å². The smallest absolute Gasteiger partial charge is 0.239 e. The lowest BCUT2D eigenvalue weighted by atomic mass is 10.0. The van der Waals surface area contributed by atoms with E-state index in [4.69, 9.17) is 5.73 Å². The van der Waals surface area contributed by atoms with Crippen molar-refractivity contribution in [3.8, 4) is 0 Å². The van der Waals surface area contributed by atoms with Gasteiger partial charge in [-0.1, -0.05) is 33.1 Å². The molecule has 0 saturated carbocycles. The molecule has 1 fully saturated rings. The molecule has 1 heterocycles. The lowest BCUT2D eigenvalue weighted by molar-refractivity contribution is -0.133. The molecule has 0 aromatic rings. The predicted octanol–water partition coefficient (Wildman–Crippen LogP) is 2.15. The summed E-state index contributed by atoms with van der Waals surface area (Å²) in [5, 5.41) is 0. The van der Waals surface area contributed by atoms with Gasteiger partial charge in [0.2, 0.25) is 5.91 Å². The fraction of sp³-hybridized carbons (Fsp3) is 0.923. The molecule has 0 aromatic heterocycles. The molecule has 94 valence electrons. The third-order valence-corrected chi connectivity index (χ3v) is 3.21. The van der Waals surface area contributed by atoms with Crippen LogP contribution in [0.2, 0.25) is 0 Å². The minimum absolute atomic E-state index is 0.163. The predicted molar refractivity (Wildman–Crippen MR) is 67.1 cm³/mol. The Morgan fingerprint density at radius 1 is 1.12 bits per heavy atom. The van der Waals surface area contributed by atoms with E-state index in [9.17, 15) is 4.79 Å². The minimum Gasteiger partial charge on any atom is -0.341 e. The maximum atomic E-state index is 12.1. The van der Waals surface area contributed by atoms with Gasteiger partial charge in [-0.05, 0) is 25.2 Å². The first kappa shape index (κ1) is 13.5. The van der Waals surface area contributed by atoms with E-state index >= 15 is 0 Å². The highest BCUT2D eigenvalue weighted by atomic mass is 16.2. The zero-order valence-corrected chi connectivity index (χ0v) is 10.7. The van der Waals surface area contributed by atoms with Crippen LogP contribution in [-0.4, -0.2) is 29.9 Å². The second kappa shape index (κ2) is 6.89. The Hall–Kier alpha value is -0.570. The molecule has 1 rings (SSSR count). The van der Waals surface area contributed by atoms with Gasteiger partial charge in [-0.15, -0.1) is 0 Å². The lowest BCUT2D eigenvalue weighted by Gasteiger charge is -2.28. The average molecular weight is 226 g/mol. The Bertz CT molecular complexity index is 208. The fourth-order valence-electron chi connectivity index (χ4n) is 2.31. The van der Waals surface area contributed by atoms with Crippen molar-refractivity contribution in [2.24, 2.45) is 11.7 Å². The minimum atomic E-state index is -0.292. The molecule has 0 bridgehead atoms. The highest BCUT2D eigenvalue weighted by Crippen LogP contribution is 2.13. The van der Waals surface area contributed by atoms with E-state index in [2.05, 4.69) is 13.8 Å². The molecule has 3 heteroatoms. The Balaban J connectivity index is 2.43. The summed E-state index contributed by atoms with van der Waals surface area (Å²) in [6.07, 6.45) is 6.90. The maximum absolute atomic E-state index is 12.1. The van der Waals surface area contributed by atoms with Crippen LogP contribution in [0, 0.1) is 5.92 Å². The van der Waals surface area contributed by atoms with E-state index in [-0.39, 0.29) is 11.9 Å². The van der Waals surface area contributed by atoms with Gasteiger partial charge in [0.15, 0.2) is 0 Å². The molecule has 0 aromatic carbocycles. The summed E-state index contributed by atoms with van der Waals surface area (Å²) in [5.74, 6) is 0.657. The number of carbonyl (C=O) groups excluding carboxylic acids is 1. The summed E-state index contributed by atoms with van der Waals surface area (Å²) in [7, 11) is 0. The molecule has 1 saturated heterocycles. The van der Waals surface area contributed by atoms with Crippen molar-refractivity contribution in [3.05, 3.63) is 0 Å². The largest absolute Gasteiger partial charge is 0.341 e. The molecule has 1 amide bonds. The van der Waals surface area contributed by atoms with Crippen LogP contribution >= 0.6 is 0 Å². The van der Waals surface area contributed by atoms with Gasteiger partial charge in [0.25, 0.3) is 0 Å². The van der Waals surface area contributed by atoms with Crippen LogP contribution < -0.4 is 5.73 Å². The molecule has 1 aliphatic heterocycles. The Labute approximate surface area is 99.4 Å². The quantitative estimate of drug-likeness (QED) is 0.801. The third-order valence-electron chi connectivity index (χ3n) is 3.21. The molecule has 0 aliphatic carbocycles. The number of hydrogen-bond donors (Lipinski definition) is 1. The lowest BCUT2D eigenvalue weighted by Crippen LogP contribution is -2.45. The van der Waals surface area contributed by atoms with Gasteiger partial charge in [0.05, 0.1) is 6.04 Å². The first-order valence-corrected chi connectivity index (χ1v) is 6.65. The van der Waals surface area contributed by atoms with Crippen LogP contribution in [0.15, 0.2) is 0 Å². The van der Waals surface area contributed by atoms with Crippen LogP contribution in [0.25, 0.3) is 0 Å². The molecule has 2 N–H and O–H groups in total. The van der Waals surface area contributed by atoms with Crippen LogP contribution in [0.1, 0.15) is 52.4 Å². The Morgan fingerprint density at radius 2 is 1.62 bits per heavy atom. The third kappa shape index (κ3) is 4.52. The molecular weight excluding hydrogens is 200 g/mol. The number of rotatable bonds is 3. The summed E-state index contributed by atoms with van der Waals surface area (Å²) in [6, 6.07) is -0.292. The topological polar surface area (TPSA) is 46.3 Å². The molecule has 1 atom stereocenters. The number of carbonyl (C=O) groups is 1. The van der Waals surface area contributed by atoms with Crippen molar-refractivity contribution < 1.29 is 4.79 Å². The zero-order chi connectivity index (χ0) is 12.0. The van der Waals surface area contributed by atoms with Gasteiger partial charge in [0, 0.05) is 13.1 Å². The highest BCUT2D eigenvalue weighted by molar-refractivity contribution is 5.81. The molecule has 0 radical (unpaired) electrons. The number of amides is 1. The standard InChI is InChI=1S/C13H26N2O/c1-11(2)10-12(14)13(16)15-8-6-4-3-5-7-9-15/h11-12H,3-10,14H2,1-2H3. The molecule has 1 aliphatic rings. The van der Waals surface area contributed by atoms with Crippen molar-refractivity contribution in [3.63, 3.8) is 0 Å². The normalized spacial score (nSPS) is 20.4. The van der Waals surface area contributed by atoms with Crippen molar-refractivity contribution >= 4 is 5.91 Å². The molecule has 3 nitrogen and oxygen atoms in total. The van der Waals surface area contributed by atoms with Crippen molar-refractivity contribution in [2.45, 2.75) is 58.4 Å². The monoisotopic (exact) mass is 226 g/mol. The van der Waals surface area contributed by atoms with Crippen LogP contribution in [-0.2, 0) is 4.79 Å². The van der Waals surface area contributed by atoms with Crippen LogP contribution in [0.3, 0.4) is 0 Å².